The van der Waals surface area contributed by atoms with Gasteiger partial charge >= 0.3 is 15.6 Å². The van der Waals surface area contributed by atoms with Crippen LogP contribution in [0.4, 0.5) is 13.2 Å². The van der Waals surface area contributed by atoms with Crippen LogP contribution in [-0.2, 0) is 10.1 Å². The number of rotatable bonds is 6. The molecule has 0 aliphatic carbocycles. The molecule has 146 valence electrons. The molecule has 0 amide bonds. The van der Waals surface area contributed by atoms with Crippen LogP contribution in [0.15, 0.2) is 36.4 Å². The van der Waals surface area contributed by atoms with E-state index in [1.807, 2.05) is 13.8 Å². The summed E-state index contributed by atoms with van der Waals surface area (Å²) in [5, 5.41) is 9.24. The molecular formula is C18H19F3N2O3S. The van der Waals surface area contributed by atoms with Crippen molar-refractivity contribution in [2.45, 2.75) is 39.1 Å². The Morgan fingerprint density at radius 3 is 2.33 bits per heavy atom. The van der Waals surface area contributed by atoms with Gasteiger partial charge in [-0.15, -0.1) is 0 Å². The van der Waals surface area contributed by atoms with E-state index in [9.17, 15) is 26.9 Å². The highest BCUT2D eigenvalue weighted by atomic mass is 32.2. The molecule has 0 N–H and O–H groups in total. The zero-order valence-electron chi connectivity index (χ0n) is 15.3. The minimum absolute atomic E-state index is 0.273. The molecule has 5 nitrogen and oxygen atoms in total. The third-order valence-corrected chi connectivity index (χ3v) is 4.23. The van der Waals surface area contributed by atoms with E-state index in [-0.39, 0.29) is 11.6 Å². The third-order valence-electron chi connectivity index (χ3n) is 3.28. The predicted octanol–water partition coefficient (Wildman–Crippen LogP) is 4.84. The molecule has 0 aliphatic heterocycles. The highest BCUT2D eigenvalue weighted by Gasteiger charge is 2.49. The van der Waals surface area contributed by atoms with Crippen molar-refractivity contribution in [3.63, 3.8) is 0 Å². The summed E-state index contributed by atoms with van der Waals surface area (Å²) in [5.41, 5.74) is -3.78. The number of halogens is 3. The number of hydrogen-bond acceptors (Lipinski definition) is 5. The van der Waals surface area contributed by atoms with E-state index in [4.69, 9.17) is 0 Å². The van der Waals surface area contributed by atoms with Crippen molar-refractivity contribution in [2.75, 3.05) is 0 Å². The van der Waals surface area contributed by atoms with E-state index in [1.54, 1.807) is 32.1 Å². The van der Waals surface area contributed by atoms with Crippen molar-refractivity contribution in [3.05, 3.63) is 53.3 Å². The fraction of sp³-hybridized carbons (Fsp3) is 0.333. The Bertz CT molecular complexity index is 934. The van der Waals surface area contributed by atoms with Gasteiger partial charge in [0.25, 0.3) is 5.88 Å². The molecule has 0 atom stereocenters. The van der Waals surface area contributed by atoms with Gasteiger partial charge in [0.1, 0.15) is 11.6 Å². The Labute approximate surface area is 156 Å². The summed E-state index contributed by atoms with van der Waals surface area (Å²) in [5.74, 6) is -1.20. The smallest absolute Gasteiger partial charge is 0.354 e. The predicted molar refractivity (Wildman–Crippen MR) is 96.2 cm³/mol. The molecule has 1 rings (SSSR count). The lowest BCUT2D eigenvalue weighted by Gasteiger charge is -2.16. The van der Waals surface area contributed by atoms with Crippen LogP contribution in [0.5, 0.6) is 5.88 Å². The third kappa shape index (κ3) is 5.44. The quantitative estimate of drug-likeness (QED) is 0.388. The van der Waals surface area contributed by atoms with Gasteiger partial charge in [-0.1, -0.05) is 44.2 Å². The van der Waals surface area contributed by atoms with E-state index in [2.05, 4.69) is 15.7 Å². The van der Waals surface area contributed by atoms with E-state index in [0.717, 1.165) is 5.57 Å². The minimum atomic E-state index is -5.94. The SMILES string of the molecule is C=C/C(=C\C=C(C)C)c1cc(C#N)c(OS(=O)(=O)C(F)(F)F)nc1C(C)C. The molecule has 0 radical (unpaired) electrons. The number of pyridine rings is 1. The summed E-state index contributed by atoms with van der Waals surface area (Å²) in [7, 11) is -5.94. The van der Waals surface area contributed by atoms with Gasteiger partial charge in [-0.2, -0.15) is 26.9 Å². The lowest BCUT2D eigenvalue weighted by atomic mass is 9.95. The van der Waals surface area contributed by atoms with Crippen molar-refractivity contribution in [1.82, 2.24) is 4.98 Å². The van der Waals surface area contributed by atoms with Crippen molar-refractivity contribution >= 4 is 15.7 Å². The molecule has 0 bridgehead atoms. The standard InChI is InChI=1S/C18H19F3N2O3S/c1-6-13(8-7-11(2)3)15-9-14(10-22)17(23-16(15)12(4)5)26-27(24,25)18(19,20)21/h6-9,12H,1H2,2-5H3/b13-8+. The van der Waals surface area contributed by atoms with E-state index >= 15 is 0 Å². The number of nitrogens with zero attached hydrogens (tertiary/aromatic N) is 2. The second-order valence-electron chi connectivity index (χ2n) is 6.09. The average Bonchev–Trinajstić information content (AvgIpc) is 2.54. The molecule has 27 heavy (non-hydrogen) atoms. The zero-order valence-corrected chi connectivity index (χ0v) is 16.1. The van der Waals surface area contributed by atoms with Crippen LogP contribution < -0.4 is 4.18 Å². The van der Waals surface area contributed by atoms with Gasteiger partial charge in [0.2, 0.25) is 0 Å². The Kier molecular flexibility index (Phi) is 6.98. The summed E-state index contributed by atoms with van der Waals surface area (Å²) in [6, 6.07) is 2.87. The van der Waals surface area contributed by atoms with Gasteiger partial charge in [0.15, 0.2) is 0 Å². The molecule has 1 aromatic heterocycles. The van der Waals surface area contributed by atoms with Gasteiger partial charge in [-0.25, -0.2) is 4.98 Å². The van der Waals surface area contributed by atoms with Crippen LogP contribution in [-0.4, -0.2) is 18.9 Å². The highest BCUT2D eigenvalue weighted by molar-refractivity contribution is 7.87. The lowest BCUT2D eigenvalue weighted by Crippen LogP contribution is -2.28. The van der Waals surface area contributed by atoms with Gasteiger partial charge in [-0.3, -0.25) is 0 Å². The molecule has 0 saturated heterocycles. The monoisotopic (exact) mass is 400 g/mol. The molecular weight excluding hydrogens is 381 g/mol. The maximum atomic E-state index is 12.6. The first-order valence-corrected chi connectivity index (χ1v) is 9.18. The first-order valence-electron chi connectivity index (χ1n) is 7.77. The minimum Gasteiger partial charge on any atom is -0.354 e. The molecule has 1 aromatic rings. The summed E-state index contributed by atoms with van der Waals surface area (Å²) in [6.45, 7) is 10.9. The number of allylic oxidation sites excluding steroid dienone is 5. The highest BCUT2D eigenvalue weighted by Crippen LogP contribution is 2.33. The summed E-state index contributed by atoms with van der Waals surface area (Å²) in [6.07, 6.45) is 5.03. The number of nitriles is 1. The molecule has 0 saturated carbocycles. The topological polar surface area (TPSA) is 80.0 Å². The molecule has 0 fully saturated rings. The first-order chi connectivity index (χ1) is 12.3. The number of hydrogen-bond donors (Lipinski definition) is 0. The molecule has 0 unspecified atom stereocenters. The fourth-order valence-corrected chi connectivity index (χ4v) is 2.43. The summed E-state index contributed by atoms with van der Waals surface area (Å²) < 4.78 is 64.5. The molecule has 0 aromatic carbocycles. The Hall–Kier alpha value is -2.60. The van der Waals surface area contributed by atoms with Crippen LogP contribution in [0, 0.1) is 11.3 Å². The van der Waals surface area contributed by atoms with E-state index in [0.29, 0.717) is 11.1 Å². The summed E-state index contributed by atoms with van der Waals surface area (Å²) in [4.78, 5) is 3.90. The van der Waals surface area contributed by atoms with Crippen LogP contribution in [0.3, 0.4) is 0 Å². The fourth-order valence-electron chi connectivity index (χ4n) is 2.00. The molecule has 1 heterocycles. The molecule has 0 spiro atoms. The first kappa shape index (κ1) is 22.4. The van der Waals surface area contributed by atoms with Crippen LogP contribution in [0.2, 0.25) is 0 Å². The molecule has 0 aliphatic rings. The van der Waals surface area contributed by atoms with Gasteiger partial charge in [0.05, 0.1) is 5.69 Å². The summed E-state index contributed by atoms with van der Waals surface area (Å²) >= 11 is 0. The van der Waals surface area contributed by atoms with E-state index < -0.39 is 27.1 Å². The van der Waals surface area contributed by atoms with Crippen molar-refractivity contribution in [2.24, 2.45) is 0 Å². The van der Waals surface area contributed by atoms with E-state index in [1.165, 1.54) is 12.1 Å². The van der Waals surface area contributed by atoms with Crippen LogP contribution in [0.1, 0.15) is 50.4 Å². The van der Waals surface area contributed by atoms with Crippen molar-refractivity contribution < 1.29 is 25.8 Å². The second kappa shape index (κ2) is 8.39. The maximum Gasteiger partial charge on any atom is 0.534 e. The Morgan fingerprint density at radius 2 is 1.93 bits per heavy atom. The average molecular weight is 400 g/mol. The zero-order chi connectivity index (χ0) is 21.0. The Morgan fingerprint density at radius 1 is 1.33 bits per heavy atom. The van der Waals surface area contributed by atoms with Crippen molar-refractivity contribution in [1.29, 1.82) is 5.26 Å². The number of alkyl halides is 3. The second-order valence-corrected chi connectivity index (χ2v) is 7.63. The largest absolute Gasteiger partial charge is 0.534 e. The van der Waals surface area contributed by atoms with Gasteiger partial charge in [0, 0.05) is 5.56 Å². The van der Waals surface area contributed by atoms with Crippen molar-refractivity contribution in [3.8, 4) is 11.9 Å². The van der Waals surface area contributed by atoms with Gasteiger partial charge < -0.3 is 4.18 Å². The normalized spacial score (nSPS) is 12.5. The molecule has 9 heteroatoms. The maximum absolute atomic E-state index is 12.6. The van der Waals surface area contributed by atoms with Crippen LogP contribution >= 0.6 is 0 Å². The van der Waals surface area contributed by atoms with Crippen LogP contribution in [0.25, 0.3) is 5.57 Å². The van der Waals surface area contributed by atoms with Gasteiger partial charge in [-0.05, 0) is 31.4 Å². The Balaban J connectivity index is 3.69. The number of aromatic nitrogens is 1. The lowest BCUT2D eigenvalue weighted by molar-refractivity contribution is -0.0501.